The van der Waals surface area contributed by atoms with E-state index in [2.05, 4.69) is 12.2 Å². The van der Waals surface area contributed by atoms with E-state index in [0.29, 0.717) is 19.4 Å². The maximum absolute atomic E-state index is 13.3. The van der Waals surface area contributed by atoms with Gasteiger partial charge in [-0.1, -0.05) is 130 Å². The highest BCUT2D eigenvalue weighted by atomic mass is 16.7. The average Bonchev–Trinajstić information content (AvgIpc) is 3.00. The van der Waals surface area contributed by atoms with E-state index in [9.17, 15) is 19.5 Å². The standard InChI is InChI=1S/C37H67N3O6/c1-6-7-8-9-10-11-12-13-14-15-16-17-18-19-20-24-27-40(34(38)44)37(25-22-21-23-26-37)30(33(42)43)28-39-32(41)31-35(2,3)29-45-36(4,5)46-31/h24,27,30-31H,6-23,25-26,28-29H2,1-5H3,(H2,38,44)(H,39,41)(H,42,43)/p-1/b27-24+. The van der Waals surface area contributed by atoms with Gasteiger partial charge >= 0.3 is 6.03 Å². The van der Waals surface area contributed by atoms with Crippen molar-refractivity contribution in [3.8, 4) is 0 Å². The van der Waals surface area contributed by atoms with Crippen LogP contribution in [0.3, 0.4) is 0 Å². The molecule has 2 unspecified atom stereocenters. The number of hydrogen-bond acceptors (Lipinski definition) is 6. The highest BCUT2D eigenvalue weighted by Gasteiger charge is 2.48. The Balaban J connectivity index is 1.89. The summed E-state index contributed by atoms with van der Waals surface area (Å²) in [5.74, 6) is -3.78. The molecule has 9 heteroatoms. The van der Waals surface area contributed by atoms with Gasteiger partial charge in [0.25, 0.3) is 0 Å². The van der Waals surface area contributed by atoms with E-state index in [-0.39, 0.29) is 6.54 Å². The predicted octanol–water partition coefficient (Wildman–Crippen LogP) is 7.12. The van der Waals surface area contributed by atoms with Crippen LogP contribution in [0, 0.1) is 11.3 Å². The van der Waals surface area contributed by atoms with E-state index >= 15 is 0 Å². The molecule has 3 N–H and O–H groups in total. The molecule has 1 saturated carbocycles. The number of rotatable bonds is 22. The maximum Gasteiger partial charge on any atom is 0.319 e. The molecule has 0 radical (unpaired) electrons. The molecule has 1 saturated heterocycles. The summed E-state index contributed by atoms with van der Waals surface area (Å²) in [5, 5.41) is 15.5. The molecule has 1 aliphatic heterocycles. The van der Waals surface area contributed by atoms with Gasteiger partial charge < -0.3 is 30.4 Å². The molecule has 2 aliphatic rings. The largest absolute Gasteiger partial charge is 0.550 e. The Labute approximate surface area is 279 Å². The number of hydrogen-bond donors (Lipinski definition) is 2. The third kappa shape index (κ3) is 13.2. The monoisotopic (exact) mass is 648 g/mol. The Hall–Kier alpha value is -2.13. The zero-order chi connectivity index (χ0) is 34.1. The molecular formula is C37H66N3O6-. The summed E-state index contributed by atoms with van der Waals surface area (Å²) in [5.41, 5.74) is 4.22. The van der Waals surface area contributed by atoms with E-state index in [1.165, 1.54) is 81.9 Å². The summed E-state index contributed by atoms with van der Waals surface area (Å²) in [6.07, 6.45) is 25.1. The van der Waals surface area contributed by atoms with Gasteiger partial charge in [-0.15, -0.1) is 0 Å². The van der Waals surface area contributed by atoms with Crippen LogP contribution in [0.25, 0.3) is 0 Å². The van der Waals surface area contributed by atoms with E-state index in [1.54, 1.807) is 20.0 Å². The fraction of sp³-hybridized carbons (Fsp3) is 0.865. The number of amides is 3. The fourth-order valence-corrected chi connectivity index (χ4v) is 7.11. The number of allylic oxidation sites excluding steroid dienone is 1. The Morgan fingerprint density at radius 1 is 0.870 bits per heavy atom. The van der Waals surface area contributed by atoms with E-state index in [1.807, 2.05) is 19.9 Å². The SMILES string of the molecule is CCCCCCCCCCCCCCCC/C=C/N(C(N)=O)C1(C(CNC(=O)C2OC(C)(C)OCC2(C)C)C(=O)[O-])CCCCC1. The van der Waals surface area contributed by atoms with Gasteiger partial charge in [0, 0.05) is 30.0 Å². The first-order valence-electron chi connectivity index (χ1n) is 18.4. The molecule has 46 heavy (non-hydrogen) atoms. The lowest BCUT2D eigenvalue weighted by molar-refractivity contribution is -0.315. The number of aliphatic carboxylic acids is 1. The van der Waals surface area contributed by atoms with Crippen molar-refractivity contribution >= 4 is 17.9 Å². The molecule has 1 heterocycles. The topological polar surface area (TPSA) is 134 Å². The number of nitrogens with zero attached hydrogens (tertiary/aromatic N) is 1. The van der Waals surface area contributed by atoms with Gasteiger partial charge in [-0.25, -0.2) is 4.79 Å². The number of unbranched alkanes of at least 4 members (excludes halogenated alkanes) is 14. The molecule has 266 valence electrons. The molecule has 2 rings (SSSR count). The normalized spacial score (nSPS) is 21.1. The minimum Gasteiger partial charge on any atom is -0.550 e. The third-order valence-corrected chi connectivity index (χ3v) is 9.97. The summed E-state index contributed by atoms with van der Waals surface area (Å²) in [6.45, 7) is 9.65. The van der Waals surface area contributed by atoms with Crippen molar-refractivity contribution in [2.24, 2.45) is 17.1 Å². The molecule has 0 bridgehead atoms. The van der Waals surface area contributed by atoms with Crippen LogP contribution < -0.4 is 16.2 Å². The Morgan fingerprint density at radius 2 is 1.39 bits per heavy atom. The van der Waals surface area contributed by atoms with E-state index in [4.69, 9.17) is 15.2 Å². The van der Waals surface area contributed by atoms with Gasteiger partial charge in [0.15, 0.2) is 5.79 Å². The number of carbonyl (C=O) groups is 3. The molecule has 2 atom stereocenters. The zero-order valence-corrected chi connectivity index (χ0v) is 29.8. The lowest BCUT2D eigenvalue weighted by Gasteiger charge is -2.50. The van der Waals surface area contributed by atoms with Crippen molar-refractivity contribution in [3.63, 3.8) is 0 Å². The molecule has 1 aliphatic carbocycles. The number of primary amides is 1. The summed E-state index contributed by atoms with van der Waals surface area (Å²) >= 11 is 0. The Morgan fingerprint density at radius 3 is 1.89 bits per heavy atom. The van der Waals surface area contributed by atoms with E-state index < -0.39 is 46.7 Å². The van der Waals surface area contributed by atoms with Crippen LogP contribution >= 0.6 is 0 Å². The van der Waals surface area contributed by atoms with Crippen molar-refractivity contribution in [3.05, 3.63) is 12.3 Å². The summed E-state index contributed by atoms with van der Waals surface area (Å²) in [7, 11) is 0. The van der Waals surface area contributed by atoms with Crippen molar-refractivity contribution in [1.82, 2.24) is 10.2 Å². The molecule has 3 amide bonds. The number of nitrogens with two attached hydrogens (primary N) is 1. The number of ether oxygens (including phenoxy) is 2. The molecular weight excluding hydrogens is 582 g/mol. The number of carboxylic acids is 1. The summed E-state index contributed by atoms with van der Waals surface area (Å²) < 4.78 is 11.7. The van der Waals surface area contributed by atoms with Gasteiger partial charge in [-0.2, -0.15) is 0 Å². The molecule has 0 aromatic carbocycles. The third-order valence-electron chi connectivity index (χ3n) is 9.97. The van der Waals surface area contributed by atoms with Crippen LogP contribution in [0.1, 0.15) is 163 Å². The van der Waals surface area contributed by atoms with Crippen LogP contribution in [0.15, 0.2) is 12.3 Å². The number of carboxylic acid groups (broad SMARTS) is 1. The molecule has 0 spiro atoms. The Kier molecular flexibility index (Phi) is 17.7. The van der Waals surface area contributed by atoms with Crippen LogP contribution in [0.4, 0.5) is 4.79 Å². The van der Waals surface area contributed by atoms with E-state index in [0.717, 1.165) is 38.5 Å². The second kappa shape index (κ2) is 20.3. The highest BCUT2D eigenvalue weighted by molar-refractivity contribution is 5.83. The Bertz CT molecular complexity index is 943. The first kappa shape index (κ1) is 40.0. The van der Waals surface area contributed by atoms with Crippen LogP contribution in [0.5, 0.6) is 0 Å². The minimum atomic E-state index is -1.30. The van der Waals surface area contributed by atoms with Crippen LogP contribution in [0.2, 0.25) is 0 Å². The lowest BCUT2D eigenvalue weighted by Crippen LogP contribution is -2.64. The number of carbonyl (C=O) groups excluding carboxylic acids is 3. The van der Waals surface area contributed by atoms with Gasteiger partial charge in [-0.05, 0) is 39.5 Å². The smallest absolute Gasteiger partial charge is 0.319 e. The van der Waals surface area contributed by atoms with Crippen LogP contribution in [-0.4, -0.2) is 53.4 Å². The quantitative estimate of drug-likeness (QED) is 0.120. The number of urea groups is 1. The lowest BCUT2D eigenvalue weighted by atomic mass is 9.71. The zero-order valence-electron chi connectivity index (χ0n) is 29.8. The minimum absolute atomic E-state index is 0.186. The summed E-state index contributed by atoms with van der Waals surface area (Å²) in [6, 6.07) is -0.688. The second-order valence-electron chi connectivity index (χ2n) is 14.9. The molecule has 2 fully saturated rings. The van der Waals surface area contributed by atoms with Crippen molar-refractivity contribution in [2.75, 3.05) is 13.2 Å². The van der Waals surface area contributed by atoms with Gasteiger partial charge in [0.05, 0.1) is 12.1 Å². The van der Waals surface area contributed by atoms with Gasteiger partial charge in [0.1, 0.15) is 6.10 Å². The molecule has 0 aromatic rings. The first-order valence-corrected chi connectivity index (χ1v) is 18.4. The first-order chi connectivity index (χ1) is 21.9. The van der Waals surface area contributed by atoms with Crippen LogP contribution in [-0.2, 0) is 19.1 Å². The average molecular weight is 649 g/mol. The molecule has 9 nitrogen and oxygen atoms in total. The summed E-state index contributed by atoms with van der Waals surface area (Å²) in [4.78, 5) is 40.2. The predicted molar refractivity (Wildman–Crippen MR) is 181 cm³/mol. The van der Waals surface area contributed by atoms with Crippen molar-refractivity contribution < 1.29 is 29.0 Å². The van der Waals surface area contributed by atoms with Crippen molar-refractivity contribution in [2.45, 2.75) is 180 Å². The fourth-order valence-electron chi connectivity index (χ4n) is 7.11. The highest BCUT2D eigenvalue weighted by Crippen LogP contribution is 2.40. The van der Waals surface area contributed by atoms with Gasteiger partial charge in [-0.3, -0.25) is 9.69 Å². The second-order valence-corrected chi connectivity index (χ2v) is 14.9. The number of nitrogens with one attached hydrogen (secondary N) is 1. The maximum atomic E-state index is 13.3. The molecule has 0 aromatic heterocycles. The van der Waals surface area contributed by atoms with Crippen molar-refractivity contribution in [1.29, 1.82) is 0 Å². The van der Waals surface area contributed by atoms with Gasteiger partial charge in [0.2, 0.25) is 5.91 Å².